The smallest absolute Gasteiger partial charge is 0.135 e. The Morgan fingerprint density at radius 1 is 0.758 bits per heavy atom. The lowest BCUT2D eigenvalue weighted by Gasteiger charge is -2.33. The molecule has 0 radical (unpaired) electrons. The molecule has 1 N–H and O–H groups in total. The number of hydrogen-bond acceptors (Lipinski definition) is 3. The van der Waals surface area contributed by atoms with Gasteiger partial charge in [0.05, 0.1) is 12.7 Å². The number of furan rings is 1. The Labute approximate surface area is 194 Å². The Kier molecular flexibility index (Phi) is 5.43. The van der Waals surface area contributed by atoms with Crippen LogP contribution in [0.4, 0.5) is 0 Å². The van der Waals surface area contributed by atoms with E-state index in [4.69, 9.17) is 9.15 Å². The molecule has 3 nitrogen and oxygen atoms in total. The van der Waals surface area contributed by atoms with Gasteiger partial charge in [-0.15, -0.1) is 0 Å². The Balaban J connectivity index is 1.25. The van der Waals surface area contributed by atoms with Crippen LogP contribution in [0.2, 0.25) is 0 Å². The molecule has 1 aliphatic heterocycles. The van der Waals surface area contributed by atoms with Gasteiger partial charge < -0.3 is 14.5 Å². The van der Waals surface area contributed by atoms with Gasteiger partial charge in [-0.2, -0.15) is 0 Å². The summed E-state index contributed by atoms with van der Waals surface area (Å²) in [6.07, 6.45) is 1.17. The molecule has 2 atom stereocenters. The number of rotatable bonds is 5. The highest BCUT2D eigenvalue weighted by atomic mass is 16.5. The van der Waals surface area contributed by atoms with E-state index in [1.54, 1.807) is 0 Å². The fourth-order valence-corrected chi connectivity index (χ4v) is 5.10. The Hall–Kier alpha value is -3.40. The van der Waals surface area contributed by atoms with Crippen molar-refractivity contribution in [3.05, 3.63) is 108 Å². The van der Waals surface area contributed by atoms with Crippen LogP contribution >= 0.6 is 0 Å². The number of para-hydroxylation sites is 1. The molecule has 0 amide bonds. The van der Waals surface area contributed by atoms with E-state index in [9.17, 15) is 0 Å². The summed E-state index contributed by atoms with van der Waals surface area (Å²) in [6, 6.07) is 34.0. The van der Waals surface area contributed by atoms with Crippen LogP contribution in [0, 0.1) is 0 Å². The lowest BCUT2D eigenvalue weighted by Crippen LogP contribution is -2.41. The van der Waals surface area contributed by atoms with Gasteiger partial charge >= 0.3 is 0 Å². The second kappa shape index (κ2) is 8.86. The zero-order chi connectivity index (χ0) is 22.0. The molecule has 2 heterocycles. The third-order valence-corrected chi connectivity index (χ3v) is 6.79. The maximum Gasteiger partial charge on any atom is 0.135 e. The molecule has 5 aromatic rings. The van der Waals surface area contributed by atoms with Crippen LogP contribution in [0.1, 0.15) is 23.5 Å². The highest BCUT2D eigenvalue weighted by Gasteiger charge is 2.29. The van der Waals surface area contributed by atoms with Gasteiger partial charge in [-0.25, -0.2) is 0 Å². The normalized spacial score (nSPS) is 18.7. The Morgan fingerprint density at radius 3 is 2.39 bits per heavy atom. The molecule has 1 fully saturated rings. The SMILES string of the molecule is c1ccc(-c2ccc(CO[C@H]3CNCC[C@@H]3c3cccc4oc5ccccc5c34)cc2)cc1. The van der Waals surface area contributed by atoms with E-state index in [1.807, 2.05) is 12.1 Å². The van der Waals surface area contributed by atoms with Gasteiger partial charge in [0.15, 0.2) is 0 Å². The molecule has 164 valence electrons. The second-order valence-corrected chi connectivity index (χ2v) is 8.83. The number of piperidine rings is 1. The second-order valence-electron chi connectivity index (χ2n) is 8.83. The van der Waals surface area contributed by atoms with Gasteiger partial charge in [-0.3, -0.25) is 0 Å². The quantitative estimate of drug-likeness (QED) is 0.327. The maximum absolute atomic E-state index is 6.53. The predicted molar refractivity (Wildman–Crippen MR) is 134 cm³/mol. The standard InChI is InChI=1S/C30H27NO2/c1-2-7-22(8-3-1)23-15-13-21(14-16-23)20-32-29-19-31-18-17-24(29)25-10-6-12-28-30(25)26-9-4-5-11-27(26)33-28/h1-16,24,29,31H,17-20H2/t24-,29+/m1/s1. The van der Waals surface area contributed by atoms with Crippen molar-refractivity contribution >= 4 is 21.9 Å². The summed E-state index contributed by atoms with van der Waals surface area (Å²) in [7, 11) is 0. The first-order chi connectivity index (χ1) is 16.4. The summed E-state index contributed by atoms with van der Waals surface area (Å²) >= 11 is 0. The van der Waals surface area contributed by atoms with Gasteiger partial charge in [0, 0.05) is 23.2 Å². The van der Waals surface area contributed by atoms with E-state index in [1.165, 1.54) is 33.0 Å². The molecule has 0 aliphatic carbocycles. The molecule has 3 heteroatoms. The van der Waals surface area contributed by atoms with Gasteiger partial charge in [0.25, 0.3) is 0 Å². The number of nitrogens with one attached hydrogen (secondary N) is 1. The van der Waals surface area contributed by atoms with Crippen molar-refractivity contribution in [1.29, 1.82) is 0 Å². The Morgan fingerprint density at radius 2 is 1.52 bits per heavy atom. The van der Waals surface area contributed by atoms with Crippen LogP contribution in [0.25, 0.3) is 33.1 Å². The van der Waals surface area contributed by atoms with E-state index in [-0.39, 0.29) is 6.10 Å². The van der Waals surface area contributed by atoms with E-state index in [0.717, 1.165) is 30.7 Å². The topological polar surface area (TPSA) is 34.4 Å². The Bertz CT molecular complexity index is 1370. The van der Waals surface area contributed by atoms with E-state index in [2.05, 4.69) is 90.2 Å². The van der Waals surface area contributed by atoms with Crippen LogP contribution in [0.15, 0.2) is 101 Å². The first-order valence-electron chi connectivity index (χ1n) is 11.7. The fourth-order valence-electron chi connectivity index (χ4n) is 5.10. The molecule has 0 spiro atoms. The van der Waals surface area contributed by atoms with Crippen molar-refractivity contribution in [2.75, 3.05) is 13.1 Å². The molecule has 0 unspecified atom stereocenters. The van der Waals surface area contributed by atoms with Crippen LogP contribution < -0.4 is 5.32 Å². The lowest BCUT2D eigenvalue weighted by atomic mass is 9.85. The molecular formula is C30H27NO2. The molecule has 1 aromatic heterocycles. The fraction of sp³-hybridized carbons (Fsp3) is 0.200. The molecule has 1 aliphatic rings. The minimum Gasteiger partial charge on any atom is -0.456 e. The van der Waals surface area contributed by atoms with Crippen molar-refractivity contribution in [3.63, 3.8) is 0 Å². The van der Waals surface area contributed by atoms with E-state index < -0.39 is 0 Å². The highest BCUT2D eigenvalue weighted by molar-refractivity contribution is 6.06. The molecule has 6 rings (SSSR count). The average Bonchev–Trinajstić information content (AvgIpc) is 3.27. The van der Waals surface area contributed by atoms with Crippen LogP contribution in [-0.2, 0) is 11.3 Å². The summed E-state index contributed by atoms with van der Waals surface area (Å²) in [5.74, 6) is 0.333. The largest absolute Gasteiger partial charge is 0.456 e. The van der Waals surface area contributed by atoms with Crippen molar-refractivity contribution in [3.8, 4) is 11.1 Å². The molecule has 4 aromatic carbocycles. The van der Waals surface area contributed by atoms with Crippen LogP contribution in [0.5, 0.6) is 0 Å². The lowest BCUT2D eigenvalue weighted by molar-refractivity contribution is 0.0109. The maximum atomic E-state index is 6.53. The van der Waals surface area contributed by atoms with Gasteiger partial charge in [0.2, 0.25) is 0 Å². The van der Waals surface area contributed by atoms with Gasteiger partial charge in [-0.05, 0) is 47.4 Å². The summed E-state index contributed by atoms with van der Waals surface area (Å²) < 4.78 is 12.7. The molecule has 1 saturated heterocycles. The summed E-state index contributed by atoms with van der Waals surface area (Å²) in [5.41, 5.74) is 6.92. The summed E-state index contributed by atoms with van der Waals surface area (Å²) in [6.45, 7) is 2.47. The number of benzene rings is 4. The highest BCUT2D eigenvalue weighted by Crippen LogP contribution is 2.38. The van der Waals surface area contributed by atoms with Crippen molar-refractivity contribution in [2.24, 2.45) is 0 Å². The van der Waals surface area contributed by atoms with E-state index in [0.29, 0.717) is 12.5 Å². The molecule has 0 bridgehead atoms. The summed E-state index contributed by atoms with van der Waals surface area (Å²) in [5, 5.41) is 5.96. The van der Waals surface area contributed by atoms with Gasteiger partial charge in [-0.1, -0.05) is 84.9 Å². The average molecular weight is 434 g/mol. The minimum atomic E-state index is 0.117. The van der Waals surface area contributed by atoms with E-state index >= 15 is 0 Å². The van der Waals surface area contributed by atoms with Crippen molar-refractivity contribution in [2.45, 2.75) is 25.0 Å². The molecule has 33 heavy (non-hydrogen) atoms. The predicted octanol–water partition coefficient (Wildman–Crippen LogP) is 6.92. The van der Waals surface area contributed by atoms with Crippen molar-refractivity contribution < 1.29 is 9.15 Å². The van der Waals surface area contributed by atoms with Crippen molar-refractivity contribution in [1.82, 2.24) is 5.32 Å². The number of ether oxygens (including phenoxy) is 1. The first kappa shape index (κ1) is 20.2. The summed E-state index contributed by atoms with van der Waals surface area (Å²) in [4.78, 5) is 0. The number of fused-ring (bicyclic) bond motifs is 3. The molecular weight excluding hydrogens is 406 g/mol. The zero-order valence-corrected chi connectivity index (χ0v) is 18.5. The van der Waals surface area contributed by atoms with Crippen LogP contribution in [0.3, 0.4) is 0 Å². The third kappa shape index (κ3) is 3.95. The minimum absolute atomic E-state index is 0.117. The molecule has 0 saturated carbocycles. The third-order valence-electron chi connectivity index (χ3n) is 6.79. The number of hydrogen-bond donors (Lipinski definition) is 1. The van der Waals surface area contributed by atoms with Gasteiger partial charge in [0.1, 0.15) is 11.2 Å². The monoisotopic (exact) mass is 433 g/mol. The first-order valence-corrected chi connectivity index (χ1v) is 11.7. The van der Waals surface area contributed by atoms with Crippen LogP contribution in [-0.4, -0.2) is 19.2 Å². The zero-order valence-electron chi connectivity index (χ0n) is 18.5.